The summed E-state index contributed by atoms with van der Waals surface area (Å²) in [7, 11) is 2.11. The molecule has 1 saturated heterocycles. The lowest BCUT2D eigenvalue weighted by Gasteiger charge is -2.16. The number of nitrogens with zero attached hydrogens (tertiary/aromatic N) is 2. The molecular weight excluding hydrogens is 246 g/mol. The minimum Gasteiger partial charge on any atom is -0.350 e. The summed E-state index contributed by atoms with van der Waals surface area (Å²) in [5, 5.41) is 4.78. The molecule has 0 saturated carbocycles. The van der Waals surface area contributed by atoms with E-state index in [2.05, 4.69) is 64.4 Å². The van der Waals surface area contributed by atoms with Gasteiger partial charge >= 0.3 is 0 Å². The van der Waals surface area contributed by atoms with E-state index in [4.69, 9.17) is 0 Å². The van der Waals surface area contributed by atoms with E-state index < -0.39 is 0 Å². The summed E-state index contributed by atoms with van der Waals surface area (Å²) in [6.07, 6.45) is 8.03. The van der Waals surface area contributed by atoms with E-state index in [-0.39, 0.29) is 0 Å². The quantitative estimate of drug-likeness (QED) is 0.924. The van der Waals surface area contributed by atoms with Gasteiger partial charge in [-0.1, -0.05) is 30.4 Å². The van der Waals surface area contributed by atoms with E-state index in [1.165, 1.54) is 29.4 Å². The molecule has 0 bridgehead atoms. The van der Waals surface area contributed by atoms with Gasteiger partial charge in [0.1, 0.15) is 0 Å². The van der Waals surface area contributed by atoms with Gasteiger partial charge < -0.3 is 9.88 Å². The van der Waals surface area contributed by atoms with Crippen molar-refractivity contribution in [3.8, 4) is 0 Å². The fourth-order valence-corrected chi connectivity index (χ4v) is 2.92. The molecule has 1 fully saturated rings. The first-order valence-electron chi connectivity index (χ1n) is 7.48. The Kier molecular flexibility index (Phi) is 4.19. The van der Waals surface area contributed by atoms with Gasteiger partial charge in [-0.15, -0.1) is 0 Å². The average molecular weight is 269 g/mol. The largest absolute Gasteiger partial charge is 0.350 e. The van der Waals surface area contributed by atoms with E-state index >= 15 is 0 Å². The van der Waals surface area contributed by atoms with Crippen molar-refractivity contribution >= 4 is 17.0 Å². The molecule has 2 aromatic rings. The van der Waals surface area contributed by atoms with Gasteiger partial charge in [-0.3, -0.25) is 4.90 Å². The van der Waals surface area contributed by atoms with Gasteiger partial charge in [0.2, 0.25) is 0 Å². The lowest BCUT2D eigenvalue weighted by molar-refractivity contribution is 0.324. The molecule has 1 N–H and O–H groups in total. The van der Waals surface area contributed by atoms with E-state index in [1.807, 2.05) is 0 Å². The number of para-hydroxylation sites is 1. The first-order valence-corrected chi connectivity index (χ1v) is 7.48. The molecule has 3 heteroatoms. The minimum absolute atomic E-state index is 1.05. The van der Waals surface area contributed by atoms with Crippen LogP contribution < -0.4 is 5.32 Å². The minimum atomic E-state index is 1.05. The second kappa shape index (κ2) is 6.25. The number of fused-ring (bicyclic) bond motifs is 1. The molecule has 20 heavy (non-hydrogen) atoms. The lowest BCUT2D eigenvalue weighted by atomic mass is 10.1. The summed E-state index contributed by atoms with van der Waals surface area (Å²) in [5.41, 5.74) is 2.61. The summed E-state index contributed by atoms with van der Waals surface area (Å²) in [5.74, 6) is 0. The van der Waals surface area contributed by atoms with Crippen LogP contribution in [0, 0.1) is 0 Å². The molecule has 106 valence electrons. The third-order valence-electron chi connectivity index (χ3n) is 4.02. The van der Waals surface area contributed by atoms with Crippen LogP contribution in [-0.2, 0) is 7.05 Å². The van der Waals surface area contributed by atoms with Crippen LogP contribution in [0.5, 0.6) is 0 Å². The van der Waals surface area contributed by atoms with Gasteiger partial charge in [0, 0.05) is 43.8 Å². The Morgan fingerprint density at radius 2 is 2.10 bits per heavy atom. The van der Waals surface area contributed by atoms with Crippen molar-refractivity contribution in [3.05, 3.63) is 42.1 Å². The summed E-state index contributed by atoms with van der Waals surface area (Å²) < 4.78 is 2.20. The van der Waals surface area contributed by atoms with Crippen LogP contribution in [0.25, 0.3) is 17.0 Å². The van der Waals surface area contributed by atoms with Crippen LogP contribution in [0.2, 0.25) is 0 Å². The molecule has 2 heterocycles. The second-order valence-electron chi connectivity index (χ2n) is 5.52. The maximum Gasteiger partial charge on any atom is 0.0483 e. The van der Waals surface area contributed by atoms with Crippen LogP contribution in [0.3, 0.4) is 0 Å². The molecule has 0 spiro atoms. The molecular formula is C17H23N3. The zero-order chi connectivity index (χ0) is 13.8. The van der Waals surface area contributed by atoms with Gasteiger partial charge in [-0.2, -0.15) is 0 Å². The molecule has 0 amide bonds. The Balaban J connectivity index is 1.71. The number of hydrogen-bond donors (Lipinski definition) is 1. The maximum absolute atomic E-state index is 3.44. The molecule has 0 atom stereocenters. The normalized spacial score (nSPS) is 17.9. The monoisotopic (exact) mass is 269 g/mol. The van der Waals surface area contributed by atoms with Crippen LogP contribution in [0.15, 0.2) is 36.5 Å². The van der Waals surface area contributed by atoms with E-state index in [1.54, 1.807) is 0 Å². The van der Waals surface area contributed by atoms with Gasteiger partial charge in [0.05, 0.1) is 0 Å². The Bertz CT molecular complexity index is 589. The Morgan fingerprint density at radius 3 is 3.05 bits per heavy atom. The number of nitrogens with one attached hydrogen (secondary N) is 1. The zero-order valence-corrected chi connectivity index (χ0v) is 12.2. The van der Waals surface area contributed by atoms with E-state index in [0.29, 0.717) is 0 Å². The van der Waals surface area contributed by atoms with Crippen LogP contribution in [-0.4, -0.2) is 42.2 Å². The highest BCUT2D eigenvalue weighted by Crippen LogP contribution is 2.21. The van der Waals surface area contributed by atoms with Crippen molar-refractivity contribution in [2.75, 3.05) is 32.7 Å². The second-order valence-corrected chi connectivity index (χ2v) is 5.52. The van der Waals surface area contributed by atoms with Crippen LogP contribution in [0.1, 0.15) is 12.0 Å². The average Bonchev–Trinajstić information content (AvgIpc) is 2.66. The third-order valence-corrected chi connectivity index (χ3v) is 4.02. The lowest BCUT2D eigenvalue weighted by Crippen LogP contribution is -2.28. The molecule has 0 unspecified atom stereocenters. The summed E-state index contributed by atoms with van der Waals surface area (Å²) in [4.78, 5) is 2.52. The highest BCUT2D eigenvalue weighted by atomic mass is 15.1. The SMILES string of the molecule is Cn1cc(/C=C/CN2CCCNCC2)c2ccccc21. The highest BCUT2D eigenvalue weighted by Gasteiger charge is 2.06. The molecule has 1 aliphatic heterocycles. The smallest absolute Gasteiger partial charge is 0.0483 e. The Labute approximate surface area is 120 Å². The van der Waals surface area contributed by atoms with E-state index in [9.17, 15) is 0 Å². The summed E-state index contributed by atoms with van der Waals surface area (Å²) >= 11 is 0. The van der Waals surface area contributed by atoms with Crippen molar-refractivity contribution in [2.24, 2.45) is 7.05 Å². The fourth-order valence-electron chi connectivity index (χ4n) is 2.92. The third kappa shape index (κ3) is 2.94. The van der Waals surface area contributed by atoms with Crippen molar-refractivity contribution in [1.82, 2.24) is 14.8 Å². The number of rotatable bonds is 3. The predicted molar refractivity (Wildman–Crippen MR) is 85.9 cm³/mol. The van der Waals surface area contributed by atoms with Crippen molar-refractivity contribution in [2.45, 2.75) is 6.42 Å². The summed E-state index contributed by atoms with van der Waals surface area (Å²) in [6.45, 7) is 5.67. The first kappa shape index (κ1) is 13.4. The standard InChI is InChI=1S/C17H23N3/c1-19-14-15(16-7-2-3-8-17(16)19)6-4-11-20-12-5-9-18-10-13-20/h2-4,6-8,14,18H,5,9-13H2,1H3/b6-4+. The Hall–Kier alpha value is -1.58. The van der Waals surface area contributed by atoms with Crippen molar-refractivity contribution in [1.29, 1.82) is 0 Å². The molecule has 3 nitrogen and oxygen atoms in total. The number of aryl methyl sites for hydroxylation is 1. The van der Waals surface area contributed by atoms with Gasteiger partial charge in [0.15, 0.2) is 0 Å². The molecule has 1 aromatic heterocycles. The Morgan fingerprint density at radius 1 is 1.20 bits per heavy atom. The number of benzene rings is 1. The molecule has 1 aliphatic rings. The molecule has 0 aliphatic carbocycles. The maximum atomic E-state index is 3.44. The van der Waals surface area contributed by atoms with Gasteiger partial charge in [-0.05, 0) is 31.1 Å². The van der Waals surface area contributed by atoms with Gasteiger partial charge in [0.25, 0.3) is 0 Å². The van der Waals surface area contributed by atoms with Crippen LogP contribution >= 0.6 is 0 Å². The van der Waals surface area contributed by atoms with Crippen molar-refractivity contribution in [3.63, 3.8) is 0 Å². The fraction of sp³-hybridized carbons (Fsp3) is 0.412. The highest BCUT2D eigenvalue weighted by molar-refractivity contribution is 5.89. The topological polar surface area (TPSA) is 20.2 Å². The summed E-state index contributed by atoms with van der Waals surface area (Å²) in [6, 6.07) is 8.58. The zero-order valence-electron chi connectivity index (χ0n) is 12.2. The first-order chi connectivity index (χ1) is 9.84. The number of aromatic nitrogens is 1. The molecule has 0 radical (unpaired) electrons. The number of hydrogen-bond acceptors (Lipinski definition) is 2. The van der Waals surface area contributed by atoms with Gasteiger partial charge in [-0.25, -0.2) is 0 Å². The van der Waals surface area contributed by atoms with E-state index in [0.717, 1.165) is 26.2 Å². The predicted octanol–water partition coefficient (Wildman–Crippen LogP) is 2.49. The van der Waals surface area contributed by atoms with Crippen molar-refractivity contribution < 1.29 is 0 Å². The molecule has 1 aromatic carbocycles. The van der Waals surface area contributed by atoms with Crippen LogP contribution in [0.4, 0.5) is 0 Å². The molecule has 3 rings (SSSR count).